The lowest BCUT2D eigenvalue weighted by molar-refractivity contribution is 0.567. The van der Waals surface area contributed by atoms with Gasteiger partial charge in [0.05, 0.1) is 15.2 Å². The zero-order valence-corrected chi connectivity index (χ0v) is 10.5. The fraction of sp³-hybridized carbons (Fsp3) is 0.455. The lowest BCUT2D eigenvalue weighted by atomic mass is 10.2. The molecule has 0 unspecified atom stereocenters. The van der Waals surface area contributed by atoms with Crippen molar-refractivity contribution in [2.75, 3.05) is 31.1 Å². The molecule has 1 aromatic carbocycles. The highest BCUT2D eigenvalue weighted by atomic mass is 28.2. The molecule has 1 aliphatic heterocycles. The third-order valence-corrected chi connectivity index (χ3v) is 4.13. The van der Waals surface area contributed by atoms with E-state index in [1.165, 1.54) is 5.19 Å². The van der Waals surface area contributed by atoms with Gasteiger partial charge in [0.15, 0.2) is 0 Å². The number of benzene rings is 1. The van der Waals surface area contributed by atoms with Gasteiger partial charge in [0.2, 0.25) is 0 Å². The van der Waals surface area contributed by atoms with E-state index < -0.39 is 0 Å². The first-order valence-electron chi connectivity index (χ1n) is 5.55. The van der Waals surface area contributed by atoms with E-state index in [1.54, 1.807) is 6.07 Å². The van der Waals surface area contributed by atoms with Crippen LogP contribution in [0.5, 0.6) is 0 Å². The highest BCUT2D eigenvalue weighted by Gasteiger charge is 2.14. The lowest BCUT2D eigenvalue weighted by Crippen LogP contribution is -2.44. The van der Waals surface area contributed by atoms with Gasteiger partial charge in [-0.05, 0) is 12.1 Å². The van der Waals surface area contributed by atoms with Gasteiger partial charge in [-0.1, -0.05) is 17.8 Å². The van der Waals surface area contributed by atoms with Crippen LogP contribution in [0.2, 0.25) is 6.55 Å². The van der Waals surface area contributed by atoms with Crippen molar-refractivity contribution in [3.63, 3.8) is 0 Å². The van der Waals surface area contributed by atoms with Crippen molar-refractivity contribution in [3.8, 4) is 0 Å². The predicted molar refractivity (Wildman–Crippen MR) is 65.5 cm³/mol. The topological polar surface area (TPSA) is 15.3 Å². The van der Waals surface area contributed by atoms with Gasteiger partial charge in [-0.2, -0.15) is 0 Å². The standard InChI is InChI=1S/C11H17FN2Si/c1-15-9-2-3-11(10(12)8-9)14-6-4-13-5-7-14/h2-3,8,13H,4-7,15H2,1H3. The molecule has 82 valence electrons. The van der Waals surface area contributed by atoms with E-state index in [1.807, 2.05) is 6.07 Å². The number of hydrogen-bond donors (Lipinski definition) is 1. The van der Waals surface area contributed by atoms with Crippen molar-refractivity contribution < 1.29 is 4.39 Å². The Kier molecular flexibility index (Phi) is 3.38. The van der Waals surface area contributed by atoms with Crippen molar-refractivity contribution in [3.05, 3.63) is 24.0 Å². The molecule has 0 atom stereocenters. The SMILES string of the molecule is C[SiH2]c1ccc(N2CCNCC2)c(F)c1. The summed E-state index contributed by atoms with van der Waals surface area (Å²) >= 11 is 0. The van der Waals surface area contributed by atoms with Crippen molar-refractivity contribution in [2.24, 2.45) is 0 Å². The molecule has 1 saturated heterocycles. The fourth-order valence-corrected chi connectivity index (χ4v) is 2.67. The maximum atomic E-state index is 13.8. The van der Waals surface area contributed by atoms with Crippen LogP contribution in [-0.2, 0) is 0 Å². The second-order valence-corrected chi connectivity index (χ2v) is 5.40. The molecule has 0 aromatic heterocycles. The summed E-state index contributed by atoms with van der Waals surface area (Å²) in [6, 6.07) is 5.72. The van der Waals surface area contributed by atoms with Gasteiger partial charge in [-0.3, -0.25) is 0 Å². The van der Waals surface area contributed by atoms with Crippen molar-refractivity contribution in [1.29, 1.82) is 0 Å². The minimum absolute atomic E-state index is 0.0521. The quantitative estimate of drug-likeness (QED) is 0.716. The zero-order valence-electron chi connectivity index (χ0n) is 9.09. The molecule has 2 rings (SSSR count). The molecule has 15 heavy (non-hydrogen) atoms. The van der Waals surface area contributed by atoms with Gasteiger partial charge in [-0.15, -0.1) is 0 Å². The molecule has 0 radical (unpaired) electrons. The third-order valence-electron chi connectivity index (χ3n) is 2.88. The summed E-state index contributed by atoms with van der Waals surface area (Å²) in [5.41, 5.74) is 0.766. The monoisotopic (exact) mass is 224 g/mol. The number of nitrogens with one attached hydrogen (secondary N) is 1. The Balaban J connectivity index is 2.19. The van der Waals surface area contributed by atoms with E-state index in [2.05, 4.69) is 22.8 Å². The molecular weight excluding hydrogens is 207 g/mol. The molecule has 1 heterocycles. The number of halogens is 1. The van der Waals surface area contributed by atoms with E-state index in [0.717, 1.165) is 31.9 Å². The molecule has 0 bridgehead atoms. The second-order valence-electron chi connectivity index (χ2n) is 3.88. The molecule has 0 saturated carbocycles. The molecule has 4 heteroatoms. The molecule has 0 spiro atoms. The van der Waals surface area contributed by atoms with Crippen LogP contribution in [0.3, 0.4) is 0 Å². The van der Waals surface area contributed by atoms with Crippen molar-refractivity contribution >= 4 is 20.4 Å². The summed E-state index contributed by atoms with van der Waals surface area (Å²) in [5, 5.41) is 4.47. The Bertz CT molecular complexity index is 337. The average molecular weight is 224 g/mol. The maximum Gasteiger partial charge on any atom is 0.146 e. The van der Waals surface area contributed by atoms with Gasteiger partial charge in [0, 0.05) is 26.2 Å². The Morgan fingerprint density at radius 2 is 2.07 bits per heavy atom. The molecule has 2 nitrogen and oxygen atoms in total. The number of anilines is 1. The number of piperazine rings is 1. The maximum absolute atomic E-state index is 13.8. The second kappa shape index (κ2) is 4.77. The average Bonchev–Trinajstić information content (AvgIpc) is 2.30. The van der Waals surface area contributed by atoms with E-state index in [9.17, 15) is 4.39 Å². The minimum atomic E-state index is -0.245. The summed E-state index contributed by atoms with van der Waals surface area (Å²) in [6.45, 7) is 5.88. The van der Waals surface area contributed by atoms with Crippen LogP contribution in [0.25, 0.3) is 0 Å². The Labute approximate surface area is 92.3 Å². The van der Waals surface area contributed by atoms with Crippen LogP contribution >= 0.6 is 0 Å². The molecule has 1 fully saturated rings. The molecule has 0 aliphatic carbocycles. The van der Waals surface area contributed by atoms with E-state index in [4.69, 9.17) is 0 Å². The fourth-order valence-electron chi connectivity index (χ4n) is 1.93. The number of nitrogens with zero attached hydrogens (tertiary/aromatic N) is 1. The molecule has 1 N–H and O–H groups in total. The minimum Gasteiger partial charge on any atom is -0.367 e. The number of rotatable bonds is 2. The first-order valence-corrected chi connectivity index (χ1v) is 7.67. The highest BCUT2D eigenvalue weighted by molar-refractivity contribution is 6.51. The largest absolute Gasteiger partial charge is 0.367 e. The summed E-state index contributed by atoms with van der Waals surface area (Å²) in [6.07, 6.45) is 0. The highest BCUT2D eigenvalue weighted by Crippen LogP contribution is 2.17. The van der Waals surface area contributed by atoms with Gasteiger partial charge < -0.3 is 10.2 Å². The lowest BCUT2D eigenvalue weighted by Gasteiger charge is -2.29. The smallest absolute Gasteiger partial charge is 0.146 e. The summed E-state index contributed by atoms with van der Waals surface area (Å²) in [7, 11) is -0.245. The summed E-state index contributed by atoms with van der Waals surface area (Å²) < 4.78 is 13.8. The molecular formula is C11H17FN2Si. The Morgan fingerprint density at radius 1 is 1.33 bits per heavy atom. The summed E-state index contributed by atoms with van der Waals surface area (Å²) in [5.74, 6) is -0.0521. The van der Waals surface area contributed by atoms with Crippen LogP contribution in [0.15, 0.2) is 18.2 Å². The third kappa shape index (κ3) is 2.38. The zero-order chi connectivity index (χ0) is 10.7. The normalized spacial score (nSPS) is 17.6. The van der Waals surface area contributed by atoms with Crippen LogP contribution in [-0.4, -0.2) is 35.7 Å². The first-order chi connectivity index (χ1) is 7.31. The van der Waals surface area contributed by atoms with Gasteiger partial charge in [0.25, 0.3) is 0 Å². The predicted octanol–water partition coefficient (Wildman–Crippen LogP) is 0.0775. The van der Waals surface area contributed by atoms with Gasteiger partial charge in [0.1, 0.15) is 5.82 Å². The van der Waals surface area contributed by atoms with Crippen LogP contribution in [0, 0.1) is 5.82 Å². The van der Waals surface area contributed by atoms with E-state index in [-0.39, 0.29) is 15.3 Å². The van der Waals surface area contributed by atoms with Crippen molar-refractivity contribution in [1.82, 2.24) is 5.32 Å². The number of hydrogen-bond acceptors (Lipinski definition) is 2. The van der Waals surface area contributed by atoms with Crippen molar-refractivity contribution in [2.45, 2.75) is 6.55 Å². The van der Waals surface area contributed by atoms with Crippen LogP contribution in [0.1, 0.15) is 0 Å². The van der Waals surface area contributed by atoms with Gasteiger partial charge >= 0.3 is 0 Å². The molecule has 1 aliphatic rings. The molecule has 1 aromatic rings. The summed E-state index contributed by atoms with van der Waals surface area (Å²) in [4.78, 5) is 2.12. The van der Waals surface area contributed by atoms with Crippen LogP contribution < -0.4 is 15.4 Å². The van der Waals surface area contributed by atoms with E-state index in [0.29, 0.717) is 0 Å². The Morgan fingerprint density at radius 3 is 2.67 bits per heavy atom. The van der Waals surface area contributed by atoms with Crippen LogP contribution in [0.4, 0.5) is 10.1 Å². The first kappa shape index (κ1) is 10.6. The molecule has 0 amide bonds. The van der Waals surface area contributed by atoms with E-state index >= 15 is 0 Å². The van der Waals surface area contributed by atoms with Gasteiger partial charge in [-0.25, -0.2) is 4.39 Å². The Hall–Kier alpha value is -0.873.